The summed E-state index contributed by atoms with van der Waals surface area (Å²) in [5.41, 5.74) is 1.63. The average Bonchev–Trinajstić information content (AvgIpc) is 3.08. The van der Waals surface area contributed by atoms with Crippen LogP contribution in [0, 0.1) is 5.92 Å². The molecule has 0 spiro atoms. The van der Waals surface area contributed by atoms with Crippen molar-refractivity contribution >= 4 is 0 Å². The summed E-state index contributed by atoms with van der Waals surface area (Å²) in [5.74, 6) is 2.18. The van der Waals surface area contributed by atoms with E-state index in [4.69, 9.17) is 4.74 Å². The van der Waals surface area contributed by atoms with E-state index in [0.717, 1.165) is 5.92 Å². The molecule has 1 aliphatic heterocycles. The molecule has 1 heteroatoms. The van der Waals surface area contributed by atoms with Crippen molar-refractivity contribution in [3.63, 3.8) is 0 Å². The van der Waals surface area contributed by atoms with Crippen LogP contribution in [0.15, 0.2) is 11.3 Å². The minimum absolute atomic E-state index is 0.475. The second kappa shape index (κ2) is 6.47. The molecule has 2 fully saturated rings. The van der Waals surface area contributed by atoms with Crippen LogP contribution in [0.1, 0.15) is 78.1 Å². The number of rotatable bonds is 7. The van der Waals surface area contributed by atoms with Gasteiger partial charge in [0.15, 0.2) is 0 Å². The Labute approximate surface area is 107 Å². The summed E-state index contributed by atoms with van der Waals surface area (Å²) in [6, 6.07) is 0. The highest BCUT2D eigenvalue weighted by Crippen LogP contribution is 2.43. The molecule has 0 amide bonds. The van der Waals surface area contributed by atoms with Crippen molar-refractivity contribution in [2.75, 3.05) is 0 Å². The Morgan fingerprint density at radius 2 is 1.76 bits per heavy atom. The molecule has 2 atom stereocenters. The van der Waals surface area contributed by atoms with Gasteiger partial charge in [0.05, 0.1) is 11.9 Å². The van der Waals surface area contributed by atoms with Gasteiger partial charge in [-0.15, -0.1) is 0 Å². The van der Waals surface area contributed by atoms with Gasteiger partial charge >= 0.3 is 0 Å². The molecule has 1 nitrogen and oxygen atoms in total. The standard InChI is InChI=1S/C16H28O/c1-3-4-5-6-7-8-9-15-12-13(2)17-16(15)14-10-11-14/h13,15H,3-12H2,1-2H3. The van der Waals surface area contributed by atoms with Crippen LogP contribution in [0.2, 0.25) is 0 Å². The normalized spacial score (nSPS) is 27.4. The lowest BCUT2D eigenvalue weighted by molar-refractivity contribution is 0.175. The Morgan fingerprint density at radius 3 is 2.47 bits per heavy atom. The molecule has 2 unspecified atom stereocenters. The smallest absolute Gasteiger partial charge is 0.0988 e. The average molecular weight is 236 g/mol. The van der Waals surface area contributed by atoms with Gasteiger partial charge < -0.3 is 4.74 Å². The van der Waals surface area contributed by atoms with E-state index in [0.29, 0.717) is 6.10 Å². The van der Waals surface area contributed by atoms with Crippen LogP contribution in [0.3, 0.4) is 0 Å². The highest BCUT2D eigenvalue weighted by molar-refractivity contribution is 5.24. The third-order valence-electron chi connectivity index (χ3n) is 4.07. The Balaban J connectivity index is 1.63. The molecule has 0 radical (unpaired) electrons. The van der Waals surface area contributed by atoms with Gasteiger partial charge in [0.25, 0.3) is 0 Å². The number of ether oxygens (including phenoxy) is 1. The van der Waals surface area contributed by atoms with Crippen LogP contribution in [-0.4, -0.2) is 6.10 Å². The molecular weight excluding hydrogens is 208 g/mol. The first-order valence-electron chi connectivity index (χ1n) is 7.69. The topological polar surface area (TPSA) is 9.23 Å². The molecule has 1 aliphatic carbocycles. The predicted octanol–water partition coefficient (Wildman–Crippen LogP) is 5.21. The molecule has 2 rings (SSSR count). The van der Waals surface area contributed by atoms with Crippen molar-refractivity contribution in [3.05, 3.63) is 11.3 Å². The van der Waals surface area contributed by atoms with E-state index in [9.17, 15) is 0 Å². The van der Waals surface area contributed by atoms with Crippen LogP contribution < -0.4 is 0 Å². The molecule has 0 aromatic heterocycles. The maximum absolute atomic E-state index is 5.97. The number of unbranched alkanes of at least 4 members (excludes halogenated alkanes) is 5. The van der Waals surface area contributed by atoms with Crippen LogP contribution in [0.4, 0.5) is 0 Å². The minimum atomic E-state index is 0.475. The zero-order valence-electron chi connectivity index (χ0n) is 11.6. The van der Waals surface area contributed by atoms with E-state index in [-0.39, 0.29) is 0 Å². The summed E-state index contributed by atoms with van der Waals surface area (Å²) < 4.78 is 5.97. The highest BCUT2D eigenvalue weighted by Gasteiger charge is 2.33. The molecule has 0 aromatic rings. The summed E-state index contributed by atoms with van der Waals surface area (Å²) in [7, 11) is 0. The fourth-order valence-corrected chi connectivity index (χ4v) is 2.97. The van der Waals surface area contributed by atoms with Crippen LogP contribution in [0.5, 0.6) is 0 Å². The van der Waals surface area contributed by atoms with Gasteiger partial charge in [-0.25, -0.2) is 0 Å². The lowest BCUT2D eigenvalue weighted by Crippen LogP contribution is -1.98. The lowest BCUT2D eigenvalue weighted by Gasteiger charge is -2.09. The maximum Gasteiger partial charge on any atom is 0.0988 e. The molecule has 17 heavy (non-hydrogen) atoms. The van der Waals surface area contributed by atoms with Crippen LogP contribution >= 0.6 is 0 Å². The molecule has 2 aliphatic rings. The van der Waals surface area contributed by atoms with Gasteiger partial charge in [0.2, 0.25) is 0 Å². The first kappa shape index (κ1) is 13.0. The fraction of sp³-hybridized carbons (Fsp3) is 0.875. The van der Waals surface area contributed by atoms with E-state index >= 15 is 0 Å². The third kappa shape index (κ3) is 4.04. The third-order valence-corrected chi connectivity index (χ3v) is 4.07. The zero-order valence-corrected chi connectivity index (χ0v) is 11.6. The van der Waals surface area contributed by atoms with E-state index < -0.39 is 0 Å². The SMILES string of the molecule is CCCCCCCCC1CC(C)OC1=C1CC1. The summed E-state index contributed by atoms with van der Waals surface area (Å²) >= 11 is 0. The van der Waals surface area contributed by atoms with Gasteiger partial charge in [-0.3, -0.25) is 0 Å². The van der Waals surface area contributed by atoms with E-state index in [1.807, 2.05) is 0 Å². The van der Waals surface area contributed by atoms with Gasteiger partial charge in [-0.1, -0.05) is 45.4 Å². The van der Waals surface area contributed by atoms with Crippen molar-refractivity contribution in [1.29, 1.82) is 0 Å². The van der Waals surface area contributed by atoms with Crippen molar-refractivity contribution in [2.45, 2.75) is 84.2 Å². The second-order valence-corrected chi connectivity index (χ2v) is 5.89. The molecular formula is C16H28O. The van der Waals surface area contributed by atoms with Crippen molar-refractivity contribution in [2.24, 2.45) is 5.92 Å². The van der Waals surface area contributed by atoms with E-state index in [2.05, 4.69) is 13.8 Å². The molecule has 0 bridgehead atoms. The highest BCUT2D eigenvalue weighted by atomic mass is 16.5. The number of hydrogen-bond donors (Lipinski definition) is 0. The Bertz CT molecular complexity index is 261. The van der Waals surface area contributed by atoms with Crippen molar-refractivity contribution in [1.82, 2.24) is 0 Å². The van der Waals surface area contributed by atoms with Gasteiger partial charge in [0.1, 0.15) is 0 Å². The van der Waals surface area contributed by atoms with Crippen LogP contribution in [-0.2, 0) is 4.74 Å². The van der Waals surface area contributed by atoms with Gasteiger partial charge in [0, 0.05) is 5.92 Å². The minimum Gasteiger partial charge on any atom is -0.495 e. The zero-order chi connectivity index (χ0) is 12.1. The maximum atomic E-state index is 5.97. The van der Waals surface area contributed by atoms with Crippen LogP contribution in [0.25, 0.3) is 0 Å². The first-order valence-corrected chi connectivity index (χ1v) is 7.69. The van der Waals surface area contributed by atoms with Crippen molar-refractivity contribution < 1.29 is 4.74 Å². The largest absolute Gasteiger partial charge is 0.495 e. The summed E-state index contributed by atoms with van der Waals surface area (Å²) in [5, 5.41) is 0. The van der Waals surface area contributed by atoms with Gasteiger partial charge in [-0.05, 0) is 38.2 Å². The Morgan fingerprint density at radius 1 is 1.06 bits per heavy atom. The van der Waals surface area contributed by atoms with E-state index in [1.165, 1.54) is 70.0 Å². The summed E-state index contributed by atoms with van der Waals surface area (Å²) in [4.78, 5) is 0. The first-order chi connectivity index (χ1) is 8.31. The number of hydrogen-bond acceptors (Lipinski definition) is 1. The number of allylic oxidation sites excluding steroid dienone is 2. The molecule has 0 N–H and O–H groups in total. The fourth-order valence-electron chi connectivity index (χ4n) is 2.97. The molecule has 1 saturated carbocycles. The van der Waals surface area contributed by atoms with Gasteiger partial charge in [-0.2, -0.15) is 0 Å². The molecule has 1 heterocycles. The molecule has 98 valence electrons. The molecule has 1 saturated heterocycles. The quantitative estimate of drug-likeness (QED) is 0.551. The lowest BCUT2D eigenvalue weighted by atomic mass is 9.95. The van der Waals surface area contributed by atoms with E-state index in [1.54, 1.807) is 5.57 Å². The summed E-state index contributed by atoms with van der Waals surface area (Å²) in [6.07, 6.45) is 14.2. The second-order valence-electron chi connectivity index (χ2n) is 5.89. The Hall–Kier alpha value is -0.460. The summed E-state index contributed by atoms with van der Waals surface area (Å²) in [6.45, 7) is 4.51. The monoisotopic (exact) mass is 236 g/mol. The predicted molar refractivity (Wildman–Crippen MR) is 72.9 cm³/mol. The Kier molecular flexibility index (Phi) is 4.94. The van der Waals surface area contributed by atoms with Crippen molar-refractivity contribution in [3.8, 4) is 0 Å². The molecule has 0 aromatic carbocycles.